The molecule has 1 heterocycles. The summed E-state index contributed by atoms with van der Waals surface area (Å²) in [5, 5.41) is 5.81. The Balaban J connectivity index is 0.00000312. The Hall–Kier alpha value is -2.67. The summed E-state index contributed by atoms with van der Waals surface area (Å²) >= 11 is 0. The van der Waals surface area contributed by atoms with Gasteiger partial charge in [-0.15, -0.1) is 0 Å². The summed E-state index contributed by atoms with van der Waals surface area (Å²) in [6.07, 6.45) is -0.535. The van der Waals surface area contributed by atoms with E-state index in [1.807, 2.05) is 31.2 Å². The number of ether oxygens (including phenoxy) is 2. The number of anilines is 3. The van der Waals surface area contributed by atoms with Crippen molar-refractivity contribution in [1.29, 1.82) is 0 Å². The summed E-state index contributed by atoms with van der Waals surface area (Å²) < 4.78 is 10.2. The Bertz CT molecular complexity index is 680. The van der Waals surface area contributed by atoms with Crippen LogP contribution in [0.15, 0.2) is 36.4 Å². The zero-order chi connectivity index (χ0) is 17.4. The molecule has 5 N–H and O–H groups in total. The third-order valence-corrected chi connectivity index (χ3v) is 3.21. The molecule has 1 aromatic carbocycles. The minimum Gasteiger partial charge on any atom is -1.00 e. The first-order valence-corrected chi connectivity index (χ1v) is 7.83. The molecule has 1 aromatic heterocycles. The molecular formula is C17H23ClN4O3. The topological polar surface area (TPSA) is 99.8 Å². The first kappa shape index (κ1) is 20.4. The molecule has 0 spiro atoms. The SMILES string of the molecule is CCOC(=O)Nc1ccc(NCc2ccc(OCC)cc2)[nH+]c1N.[Cl-]. The van der Waals surface area contributed by atoms with E-state index in [1.54, 1.807) is 19.1 Å². The molecule has 25 heavy (non-hydrogen) atoms. The van der Waals surface area contributed by atoms with Crippen LogP contribution >= 0.6 is 0 Å². The molecule has 0 saturated heterocycles. The second kappa shape index (κ2) is 10.2. The molecule has 0 radical (unpaired) electrons. The van der Waals surface area contributed by atoms with E-state index in [9.17, 15) is 4.79 Å². The standard InChI is InChI=1S/C17H22N4O3.ClH/c1-3-23-13-7-5-12(6-8-13)11-19-15-10-9-14(16(18)21-15)20-17(22)24-4-2;/h5-10H,3-4,11H2,1-2H3,(H,20,22)(H3,18,19,21);1H. The maximum absolute atomic E-state index is 11.4. The molecule has 0 aliphatic heterocycles. The van der Waals surface area contributed by atoms with E-state index in [0.717, 1.165) is 17.1 Å². The third kappa shape index (κ3) is 6.39. The number of H-pyrrole nitrogens is 1. The van der Waals surface area contributed by atoms with Crippen molar-refractivity contribution >= 4 is 23.4 Å². The molecule has 136 valence electrons. The highest BCUT2D eigenvalue weighted by molar-refractivity contribution is 5.87. The zero-order valence-electron chi connectivity index (χ0n) is 14.3. The van der Waals surface area contributed by atoms with E-state index in [0.29, 0.717) is 31.3 Å². The molecule has 0 aliphatic rings. The lowest BCUT2D eigenvalue weighted by atomic mass is 10.2. The number of benzene rings is 1. The zero-order valence-corrected chi connectivity index (χ0v) is 15.0. The van der Waals surface area contributed by atoms with E-state index in [2.05, 4.69) is 15.6 Å². The summed E-state index contributed by atoms with van der Waals surface area (Å²) in [6.45, 7) is 5.28. The van der Waals surface area contributed by atoms with Crippen LogP contribution in [0, 0.1) is 0 Å². The molecule has 2 aromatic rings. The number of rotatable bonds is 7. The number of nitrogens with two attached hydrogens (primary N) is 1. The fourth-order valence-electron chi connectivity index (χ4n) is 2.07. The Kier molecular flexibility index (Phi) is 8.35. The van der Waals surface area contributed by atoms with Gasteiger partial charge in [-0.1, -0.05) is 12.1 Å². The molecule has 0 aliphatic carbocycles. The fraction of sp³-hybridized carbons (Fsp3) is 0.294. The van der Waals surface area contributed by atoms with E-state index < -0.39 is 6.09 Å². The highest BCUT2D eigenvalue weighted by Gasteiger charge is 2.10. The van der Waals surface area contributed by atoms with E-state index in [1.165, 1.54) is 0 Å². The van der Waals surface area contributed by atoms with Gasteiger partial charge in [0.1, 0.15) is 11.4 Å². The molecule has 0 saturated carbocycles. The third-order valence-electron chi connectivity index (χ3n) is 3.21. The van der Waals surface area contributed by atoms with E-state index >= 15 is 0 Å². The summed E-state index contributed by atoms with van der Waals surface area (Å²) in [4.78, 5) is 14.4. The lowest BCUT2D eigenvalue weighted by molar-refractivity contribution is -0.342. The monoisotopic (exact) mass is 366 g/mol. The van der Waals surface area contributed by atoms with Gasteiger partial charge in [-0.2, -0.15) is 0 Å². The van der Waals surface area contributed by atoms with Gasteiger partial charge in [0.25, 0.3) is 0 Å². The van der Waals surface area contributed by atoms with Gasteiger partial charge in [0.2, 0.25) is 11.6 Å². The Morgan fingerprint density at radius 3 is 2.44 bits per heavy atom. The number of aromatic amines is 1. The Morgan fingerprint density at radius 1 is 1.12 bits per heavy atom. The first-order chi connectivity index (χ1) is 11.6. The molecule has 2 rings (SSSR count). The minimum absolute atomic E-state index is 0. The van der Waals surface area contributed by atoms with Crippen molar-refractivity contribution in [3.8, 4) is 5.75 Å². The Labute approximate surface area is 153 Å². The van der Waals surface area contributed by atoms with Gasteiger partial charge in [0.05, 0.1) is 19.8 Å². The number of nitrogens with one attached hydrogen (secondary N) is 3. The molecular weight excluding hydrogens is 344 g/mol. The molecule has 0 atom stereocenters. The van der Waals surface area contributed by atoms with Gasteiger partial charge in [0, 0.05) is 6.07 Å². The van der Waals surface area contributed by atoms with Gasteiger partial charge in [-0.05, 0) is 37.6 Å². The second-order valence-corrected chi connectivity index (χ2v) is 4.98. The first-order valence-electron chi connectivity index (χ1n) is 7.83. The number of carbonyl (C=O) groups excluding carboxylic acids is 1. The van der Waals surface area contributed by atoms with Gasteiger partial charge in [0.15, 0.2) is 0 Å². The molecule has 0 fully saturated rings. The smallest absolute Gasteiger partial charge is 0.411 e. The van der Waals surface area contributed by atoms with Gasteiger partial charge < -0.3 is 32.9 Å². The number of halogens is 1. The average Bonchev–Trinajstić information content (AvgIpc) is 2.57. The Morgan fingerprint density at radius 2 is 1.84 bits per heavy atom. The number of pyridine rings is 1. The quantitative estimate of drug-likeness (QED) is 0.623. The predicted octanol–water partition coefficient (Wildman–Crippen LogP) is -0.334. The van der Waals surface area contributed by atoms with Gasteiger partial charge in [-0.3, -0.25) is 5.32 Å². The minimum atomic E-state index is -0.535. The van der Waals surface area contributed by atoms with Crippen LogP contribution in [0.1, 0.15) is 19.4 Å². The summed E-state index contributed by atoms with van der Waals surface area (Å²) in [5.41, 5.74) is 7.49. The maximum Gasteiger partial charge on any atom is 0.411 e. The molecule has 1 amide bonds. The highest BCUT2D eigenvalue weighted by Crippen LogP contribution is 2.16. The normalized spacial score (nSPS) is 9.68. The van der Waals surface area contributed by atoms with Crippen LogP contribution in [0.5, 0.6) is 5.75 Å². The average molecular weight is 367 g/mol. The predicted molar refractivity (Wildman–Crippen MR) is 93.0 cm³/mol. The van der Waals surface area contributed by atoms with Crippen molar-refractivity contribution < 1.29 is 31.7 Å². The second-order valence-electron chi connectivity index (χ2n) is 4.98. The number of hydrogen-bond acceptors (Lipinski definition) is 5. The van der Waals surface area contributed by atoms with Crippen LogP contribution in [0.4, 0.5) is 22.1 Å². The lowest BCUT2D eigenvalue weighted by Gasteiger charge is -2.08. The van der Waals surface area contributed by atoms with Crippen LogP contribution in [0.3, 0.4) is 0 Å². The number of aromatic nitrogens is 1. The highest BCUT2D eigenvalue weighted by atomic mass is 35.5. The number of amides is 1. The van der Waals surface area contributed by atoms with Crippen molar-refractivity contribution in [2.45, 2.75) is 20.4 Å². The van der Waals surface area contributed by atoms with Crippen molar-refractivity contribution in [2.24, 2.45) is 0 Å². The molecule has 0 bridgehead atoms. The fourth-order valence-corrected chi connectivity index (χ4v) is 2.07. The van der Waals surface area contributed by atoms with Crippen molar-refractivity contribution in [3.63, 3.8) is 0 Å². The van der Waals surface area contributed by atoms with Crippen molar-refractivity contribution in [1.82, 2.24) is 0 Å². The maximum atomic E-state index is 11.4. The summed E-state index contributed by atoms with van der Waals surface area (Å²) in [5.74, 6) is 1.95. The van der Waals surface area contributed by atoms with E-state index in [-0.39, 0.29) is 12.4 Å². The van der Waals surface area contributed by atoms with Gasteiger partial charge >= 0.3 is 6.09 Å². The summed E-state index contributed by atoms with van der Waals surface area (Å²) in [6, 6.07) is 11.4. The molecule has 0 unspecified atom stereocenters. The largest absolute Gasteiger partial charge is 1.00 e. The number of nitrogen functional groups attached to an aromatic ring is 1. The molecule has 8 heteroatoms. The van der Waals surface area contributed by atoms with Crippen LogP contribution in [-0.4, -0.2) is 19.3 Å². The lowest BCUT2D eigenvalue weighted by Crippen LogP contribution is -3.00. The van der Waals surface area contributed by atoms with Gasteiger partial charge in [-0.25, -0.2) is 9.78 Å². The van der Waals surface area contributed by atoms with Crippen LogP contribution in [-0.2, 0) is 11.3 Å². The summed E-state index contributed by atoms with van der Waals surface area (Å²) in [7, 11) is 0. The van der Waals surface area contributed by atoms with E-state index in [4.69, 9.17) is 15.2 Å². The van der Waals surface area contributed by atoms with Crippen molar-refractivity contribution in [2.75, 3.05) is 29.6 Å². The van der Waals surface area contributed by atoms with Crippen molar-refractivity contribution in [3.05, 3.63) is 42.0 Å². The number of hydrogen-bond donors (Lipinski definition) is 3. The van der Waals surface area contributed by atoms with Crippen LogP contribution < -0.4 is 38.5 Å². The number of carbonyl (C=O) groups is 1. The molecule has 7 nitrogen and oxygen atoms in total. The van der Waals surface area contributed by atoms with Crippen LogP contribution in [0.2, 0.25) is 0 Å². The van der Waals surface area contributed by atoms with Crippen LogP contribution in [0.25, 0.3) is 0 Å².